The first-order valence-electron chi connectivity index (χ1n) is 6.99. The summed E-state index contributed by atoms with van der Waals surface area (Å²) in [6.45, 7) is 0. The van der Waals surface area contributed by atoms with E-state index in [1.54, 1.807) is 0 Å². The van der Waals surface area contributed by atoms with Gasteiger partial charge >= 0.3 is 6.18 Å². The summed E-state index contributed by atoms with van der Waals surface area (Å²) in [7, 11) is 0. The van der Waals surface area contributed by atoms with Crippen molar-refractivity contribution in [2.45, 2.75) is 6.18 Å². The Labute approximate surface area is 144 Å². The summed E-state index contributed by atoms with van der Waals surface area (Å²) in [5.41, 5.74) is -1.45. The lowest BCUT2D eigenvalue weighted by Gasteiger charge is -2.11. The van der Waals surface area contributed by atoms with Gasteiger partial charge in [-0.2, -0.15) is 23.0 Å². The average molecular weight is 369 g/mol. The van der Waals surface area contributed by atoms with E-state index >= 15 is 0 Å². The lowest BCUT2D eigenvalue weighted by Crippen LogP contribution is -2.23. The SMILES string of the molecule is O=c1c(-c2cccc(C(F)(F)F)c2)c(Cl)cnn1-c1ccc(F)cc1. The maximum Gasteiger partial charge on any atom is 0.416 e. The summed E-state index contributed by atoms with van der Waals surface area (Å²) >= 11 is 6.00. The van der Waals surface area contributed by atoms with Gasteiger partial charge in [0.2, 0.25) is 0 Å². The highest BCUT2D eigenvalue weighted by Gasteiger charge is 2.31. The van der Waals surface area contributed by atoms with Gasteiger partial charge in [0.15, 0.2) is 0 Å². The van der Waals surface area contributed by atoms with Crippen molar-refractivity contribution in [1.29, 1.82) is 0 Å². The van der Waals surface area contributed by atoms with Crippen LogP contribution in [0.15, 0.2) is 59.5 Å². The van der Waals surface area contributed by atoms with Gasteiger partial charge in [0.25, 0.3) is 5.56 Å². The number of rotatable bonds is 2. The van der Waals surface area contributed by atoms with Gasteiger partial charge in [-0.05, 0) is 42.0 Å². The van der Waals surface area contributed by atoms with Crippen molar-refractivity contribution in [2.24, 2.45) is 0 Å². The quantitative estimate of drug-likeness (QED) is 0.614. The molecule has 3 nitrogen and oxygen atoms in total. The molecule has 0 saturated carbocycles. The molecule has 8 heteroatoms. The predicted octanol–water partition coefficient (Wildman–Crippen LogP) is 4.71. The molecule has 0 N–H and O–H groups in total. The van der Waals surface area contributed by atoms with Crippen molar-refractivity contribution in [1.82, 2.24) is 9.78 Å². The van der Waals surface area contributed by atoms with E-state index in [0.29, 0.717) is 0 Å². The molecular formula is C17H9ClF4N2O. The molecule has 0 atom stereocenters. The minimum atomic E-state index is -4.55. The number of alkyl halides is 3. The van der Waals surface area contributed by atoms with Crippen molar-refractivity contribution in [3.8, 4) is 16.8 Å². The van der Waals surface area contributed by atoms with E-state index in [1.807, 2.05) is 0 Å². The van der Waals surface area contributed by atoms with Crippen LogP contribution in [0.5, 0.6) is 0 Å². The minimum absolute atomic E-state index is 0.0167. The second-order valence-corrected chi connectivity index (χ2v) is 5.55. The van der Waals surface area contributed by atoms with Crippen LogP contribution in [-0.4, -0.2) is 9.78 Å². The summed E-state index contributed by atoms with van der Waals surface area (Å²) in [6, 6.07) is 9.23. The topological polar surface area (TPSA) is 34.9 Å². The Morgan fingerprint density at radius 3 is 2.36 bits per heavy atom. The molecule has 128 valence electrons. The largest absolute Gasteiger partial charge is 0.416 e. The van der Waals surface area contributed by atoms with Crippen molar-refractivity contribution in [3.63, 3.8) is 0 Å². The first-order valence-corrected chi connectivity index (χ1v) is 7.36. The molecule has 3 aromatic rings. The number of hydrogen-bond donors (Lipinski definition) is 0. The number of benzene rings is 2. The third kappa shape index (κ3) is 3.41. The second kappa shape index (κ2) is 6.33. The van der Waals surface area contributed by atoms with Gasteiger partial charge in [-0.1, -0.05) is 23.7 Å². The Kier molecular flexibility index (Phi) is 4.34. The molecule has 1 heterocycles. The highest BCUT2D eigenvalue weighted by atomic mass is 35.5. The van der Waals surface area contributed by atoms with Crippen LogP contribution in [0.25, 0.3) is 16.8 Å². The van der Waals surface area contributed by atoms with Crippen LogP contribution in [-0.2, 0) is 6.18 Å². The van der Waals surface area contributed by atoms with E-state index in [0.717, 1.165) is 35.1 Å². The second-order valence-electron chi connectivity index (χ2n) is 5.14. The summed E-state index contributed by atoms with van der Waals surface area (Å²) < 4.78 is 52.7. The Balaban J connectivity index is 2.19. The molecule has 1 aromatic heterocycles. The first kappa shape index (κ1) is 17.2. The molecule has 0 amide bonds. The maximum atomic E-state index is 13.0. The van der Waals surface area contributed by atoms with E-state index < -0.39 is 23.1 Å². The van der Waals surface area contributed by atoms with Crippen LogP contribution in [0.4, 0.5) is 17.6 Å². The third-order valence-electron chi connectivity index (χ3n) is 3.48. The summed E-state index contributed by atoms with van der Waals surface area (Å²) in [4.78, 5) is 12.7. The smallest absolute Gasteiger partial charge is 0.267 e. The van der Waals surface area contributed by atoms with Gasteiger partial charge in [-0.15, -0.1) is 0 Å². The molecule has 2 aromatic carbocycles. The average Bonchev–Trinajstić information content (AvgIpc) is 2.56. The first-order chi connectivity index (χ1) is 11.8. The zero-order chi connectivity index (χ0) is 18.2. The summed E-state index contributed by atoms with van der Waals surface area (Å²) in [6.07, 6.45) is -3.40. The number of hydrogen-bond acceptors (Lipinski definition) is 2. The highest BCUT2D eigenvalue weighted by molar-refractivity contribution is 6.33. The van der Waals surface area contributed by atoms with Gasteiger partial charge in [-0.3, -0.25) is 4.79 Å². The zero-order valence-electron chi connectivity index (χ0n) is 12.4. The van der Waals surface area contributed by atoms with Gasteiger partial charge < -0.3 is 0 Å². The minimum Gasteiger partial charge on any atom is -0.267 e. The molecule has 0 aliphatic heterocycles. The molecule has 0 saturated heterocycles. The third-order valence-corrected chi connectivity index (χ3v) is 3.77. The molecule has 0 aliphatic rings. The number of halogens is 5. The van der Waals surface area contributed by atoms with E-state index in [9.17, 15) is 22.4 Å². The zero-order valence-corrected chi connectivity index (χ0v) is 13.1. The highest BCUT2D eigenvalue weighted by Crippen LogP contribution is 2.33. The van der Waals surface area contributed by atoms with Crippen LogP contribution in [0.2, 0.25) is 5.02 Å². The Morgan fingerprint density at radius 2 is 1.72 bits per heavy atom. The standard InChI is InChI=1S/C17H9ClF4N2O/c18-14-9-23-24(13-6-4-12(19)5-7-13)16(25)15(14)10-2-1-3-11(8-10)17(20,21)22/h1-9H. The lowest BCUT2D eigenvalue weighted by molar-refractivity contribution is -0.137. The van der Waals surface area contributed by atoms with Crippen molar-refractivity contribution >= 4 is 11.6 Å². The number of aromatic nitrogens is 2. The molecule has 0 fully saturated rings. The molecule has 0 bridgehead atoms. The van der Waals surface area contributed by atoms with Gasteiger partial charge in [0, 0.05) is 0 Å². The predicted molar refractivity (Wildman–Crippen MR) is 85.2 cm³/mol. The van der Waals surface area contributed by atoms with Gasteiger partial charge in [-0.25, -0.2) is 4.39 Å². The Hall–Kier alpha value is -2.67. The monoisotopic (exact) mass is 368 g/mol. The fourth-order valence-corrected chi connectivity index (χ4v) is 2.55. The Bertz CT molecular complexity index is 981. The molecule has 0 unspecified atom stereocenters. The van der Waals surface area contributed by atoms with Crippen LogP contribution in [0.1, 0.15) is 5.56 Å². The van der Waals surface area contributed by atoms with Gasteiger partial charge in [0.1, 0.15) is 5.82 Å². The Morgan fingerprint density at radius 1 is 1.04 bits per heavy atom. The van der Waals surface area contributed by atoms with Crippen LogP contribution < -0.4 is 5.56 Å². The van der Waals surface area contributed by atoms with E-state index in [1.165, 1.54) is 24.3 Å². The maximum absolute atomic E-state index is 13.0. The van der Waals surface area contributed by atoms with Crippen LogP contribution in [0, 0.1) is 5.82 Å². The molecule has 0 spiro atoms. The molecule has 25 heavy (non-hydrogen) atoms. The van der Waals surface area contributed by atoms with E-state index in [-0.39, 0.29) is 21.8 Å². The number of nitrogens with zero attached hydrogens (tertiary/aromatic N) is 2. The van der Waals surface area contributed by atoms with Crippen molar-refractivity contribution < 1.29 is 17.6 Å². The van der Waals surface area contributed by atoms with Crippen LogP contribution in [0.3, 0.4) is 0 Å². The van der Waals surface area contributed by atoms with Crippen molar-refractivity contribution in [3.05, 3.63) is 81.5 Å². The van der Waals surface area contributed by atoms with Crippen LogP contribution >= 0.6 is 11.6 Å². The normalized spacial score (nSPS) is 11.6. The molecular weight excluding hydrogens is 360 g/mol. The fraction of sp³-hybridized carbons (Fsp3) is 0.0588. The fourth-order valence-electron chi connectivity index (χ4n) is 2.31. The van der Waals surface area contributed by atoms with Gasteiger partial charge in [0.05, 0.1) is 28.0 Å². The summed E-state index contributed by atoms with van der Waals surface area (Å²) in [5, 5.41) is 3.78. The van der Waals surface area contributed by atoms with E-state index in [4.69, 9.17) is 11.6 Å². The molecule has 3 rings (SSSR count). The lowest BCUT2D eigenvalue weighted by atomic mass is 10.0. The van der Waals surface area contributed by atoms with Crippen molar-refractivity contribution in [2.75, 3.05) is 0 Å². The molecule has 0 radical (unpaired) electrons. The molecule has 0 aliphatic carbocycles. The summed E-state index contributed by atoms with van der Waals surface area (Å²) in [5.74, 6) is -0.496. The van der Waals surface area contributed by atoms with E-state index in [2.05, 4.69) is 5.10 Å².